The molecule has 0 unspecified atom stereocenters. The van der Waals surface area contributed by atoms with Gasteiger partial charge in [-0.3, -0.25) is 0 Å². The number of phenolic OH excluding ortho intramolecular Hbond substituents is 1. The Morgan fingerprint density at radius 3 is 2.79 bits per heavy atom. The van der Waals surface area contributed by atoms with Crippen LogP contribution in [0.4, 0.5) is 10.2 Å². The molecule has 6 rings (SSSR count). The van der Waals surface area contributed by atoms with E-state index in [-0.39, 0.29) is 35.6 Å². The number of aromatic hydroxyl groups is 1. The smallest absolute Gasteiger partial charge is 0.233 e. The van der Waals surface area contributed by atoms with Gasteiger partial charge in [-0.05, 0) is 49.8 Å². The third-order valence-electron chi connectivity index (χ3n) is 6.97. The first kappa shape index (κ1) is 18.0. The molecule has 0 spiro atoms. The Morgan fingerprint density at radius 2 is 2.03 bits per heavy atom. The Kier molecular flexibility index (Phi) is 4.46. The van der Waals surface area contributed by atoms with Crippen molar-refractivity contribution in [1.29, 1.82) is 0 Å². The summed E-state index contributed by atoms with van der Waals surface area (Å²) in [4.78, 5) is 6.52. The van der Waals surface area contributed by atoms with Crippen molar-refractivity contribution in [3.63, 3.8) is 0 Å². The number of nitrogens with zero attached hydrogens (tertiary/aromatic N) is 6. The predicted molar refractivity (Wildman–Crippen MR) is 123 cm³/mol. The van der Waals surface area contributed by atoms with Gasteiger partial charge >= 0.3 is 0 Å². The van der Waals surface area contributed by atoms with Gasteiger partial charge in [0, 0.05) is 29.8 Å². The molecule has 10 heteroatoms. The Morgan fingerprint density at radius 1 is 1.12 bits per heavy atom. The van der Waals surface area contributed by atoms with Crippen LogP contribution in [0.2, 0.25) is 0 Å². The average molecular weight is 467 g/mol. The van der Waals surface area contributed by atoms with Gasteiger partial charge in [-0.1, -0.05) is 6.07 Å². The van der Waals surface area contributed by atoms with E-state index in [1.807, 2.05) is 0 Å². The molecule has 3 aliphatic rings. The molecule has 2 aliphatic heterocycles. The fourth-order valence-corrected chi connectivity index (χ4v) is 5.19. The minimum absolute atomic E-state index is 0.0834. The predicted octanol–water partition coefficient (Wildman–Crippen LogP) is 2.91. The lowest BCUT2D eigenvalue weighted by molar-refractivity contribution is 0.171. The molecule has 34 heavy (non-hydrogen) atoms. The third kappa shape index (κ3) is 3.81. The van der Waals surface area contributed by atoms with Gasteiger partial charge in [0.2, 0.25) is 5.88 Å². The molecule has 176 valence electrons. The van der Waals surface area contributed by atoms with E-state index in [0.717, 1.165) is 32.1 Å². The number of piperidine rings is 1. The van der Waals surface area contributed by atoms with E-state index in [9.17, 15) is 5.11 Å². The number of anilines is 1. The normalized spacial score (nSPS) is 27.5. The first-order valence-corrected chi connectivity index (χ1v) is 11.5. The van der Waals surface area contributed by atoms with Crippen molar-refractivity contribution in [3.05, 3.63) is 36.7 Å². The SMILES string of the molecule is [2H]C([2H])([2H])Oc1cc(-c2ccc(-c3ncc(N(C4CC4)[C@@H]4C[C@@H]5CC[C@H](N5)[C@@H]4F)nn3)c(O)c2)cnn1. The molecule has 4 atom stereocenters. The van der Waals surface area contributed by atoms with Crippen LogP contribution >= 0.6 is 0 Å². The van der Waals surface area contributed by atoms with Crippen molar-refractivity contribution < 1.29 is 18.3 Å². The molecule has 1 saturated carbocycles. The molecule has 0 amide bonds. The molecule has 3 fully saturated rings. The highest BCUT2D eigenvalue weighted by atomic mass is 19.1. The Bertz CT molecular complexity index is 1290. The summed E-state index contributed by atoms with van der Waals surface area (Å²) in [6.45, 7) is 0. The molecule has 2 aromatic heterocycles. The van der Waals surface area contributed by atoms with Gasteiger partial charge in [-0.25, -0.2) is 9.37 Å². The fraction of sp³-hybridized carbons (Fsp3) is 0.458. The molecule has 4 heterocycles. The molecular weight excluding hydrogens is 437 g/mol. The van der Waals surface area contributed by atoms with Gasteiger partial charge in [0.05, 0.1) is 35.1 Å². The summed E-state index contributed by atoms with van der Waals surface area (Å²) in [5.41, 5.74) is 1.47. The second-order valence-corrected chi connectivity index (χ2v) is 9.19. The summed E-state index contributed by atoms with van der Waals surface area (Å²) in [6, 6.07) is 6.54. The summed E-state index contributed by atoms with van der Waals surface area (Å²) in [7, 11) is -2.65. The summed E-state index contributed by atoms with van der Waals surface area (Å²) in [5.74, 6) is 0.563. The number of ether oxygens (including phenoxy) is 1. The molecule has 2 N–H and O–H groups in total. The number of hydrogen-bond acceptors (Lipinski definition) is 9. The number of rotatable bonds is 6. The fourth-order valence-electron chi connectivity index (χ4n) is 5.19. The Balaban J connectivity index is 1.23. The zero-order valence-corrected chi connectivity index (χ0v) is 18.3. The first-order valence-electron chi connectivity index (χ1n) is 13.0. The number of benzene rings is 1. The minimum Gasteiger partial charge on any atom is -0.507 e. The highest BCUT2D eigenvalue weighted by Crippen LogP contribution is 2.40. The van der Waals surface area contributed by atoms with Crippen LogP contribution in [-0.4, -0.2) is 67.9 Å². The maximum atomic E-state index is 15.3. The number of alkyl halides is 1. The molecule has 1 aromatic carbocycles. The van der Waals surface area contributed by atoms with Crippen molar-refractivity contribution in [2.45, 2.75) is 62.4 Å². The number of fused-ring (bicyclic) bond motifs is 2. The van der Waals surface area contributed by atoms with E-state index >= 15 is 4.39 Å². The van der Waals surface area contributed by atoms with Gasteiger partial charge in [0.25, 0.3) is 0 Å². The number of phenols is 1. The number of halogens is 1. The van der Waals surface area contributed by atoms with Gasteiger partial charge in [-0.15, -0.1) is 15.3 Å². The second kappa shape index (κ2) is 8.43. The van der Waals surface area contributed by atoms with E-state index in [4.69, 9.17) is 8.85 Å². The van der Waals surface area contributed by atoms with Crippen molar-refractivity contribution in [2.75, 3.05) is 11.9 Å². The van der Waals surface area contributed by atoms with Crippen molar-refractivity contribution in [1.82, 2.24) is 30.7 Å². The van der Waals surface area contributed by atoms with Crippen LogP contribution in [0.25, 0.3) is 22.5 Å². The van der Waals surface area contributed by atoms with Crippen molar-refractivity contribution in [3.8, 4) is 34.1 Å². The topological polar surface area (TPSA) is 109 Å². The van der Waals surface area contributed by atoms with Crippen molar-refractivity contribution >= 4 is 5.82 Å². The summed E-state index contributed by atoms with van der Waals surface area (Å²) in [6.07, 6.45) is 6.68. The van der Waals surface area contributed by atoms with Crippen LogP contribution in [-0.2, 0) is 0 Å². The molecule has 2 saturated heterocycles. The first-order chi connectivity index (χ1) is 17.7. The monoisotopic (exact) mass is 466 g/mol. The lowest BCUT2D eigenvalue weighted by Gasteiger charge is -2.40. The lowest BCUT2D eigenvalue weighted by Crippen LogP contribution is -2.57. The zero-order valence-electron chi connectivity index (χ0n) is 21.3. The molecule has 3 aromatic rings. The summed E-state index contributed by atoms with van der Waals surface area (Å²) < 4.78 is 41.8. The van der Waals surface area contributed by atoms with Crippen LogP contribution in [0.15, 0.2) is 36.7 Å². The van der Waals surface area contributed by atoms with Crippen LogP contribution in [0.5, 0.6) is 11.6 Å². The van der Waals surface area contributed by atoms with Crippen LogP contribution < -0.4 is 15.0 Å². The minimum atomic E-state index is -2.65. The number of nitrogens with one attached hydrogen (secondary N) is 1. The maximum absolute atomic E-state index is 15.3. The van der Waals surface area contributed by atoms with E-state index < -0.39 is 13.2 Å². The molecule has 2 bridgehead atoms. The summed E-state index contributed by atoms with van der Waals surface area (Å²) >= 11 is 0. The largest absolute Gasteiger partial charge is 0.507 e. The molecule has 0 radical (unpaired) electrons. The van der Waals surface area contributed by atoms with E-state index in [0.29, 0.717) is 28.6 Å². The quantitative estimate of drug-likeness (QED) is 0.567. The molecular formula is C24H26FN7O2. The van der Waals surface area contributed by atoms with Gasteiger partial charge < -0.3 is 20.1 Å². The Labute approximate surface area is 200 Å². The third-order valence-corrected chi connectivity index (χ3v) is 6.97. The van der Waals surface area contributed by atoms with E-state index in [1.54, 1.807) is 18.3 Å². The van der Waals surface area contributed by atoms with E-state index in [1.165, 1.54) is 18.3 Å². The second-order valence-electron chi connectivity index (χ2n) is 9.19. The highest BCUT2D eigenvalue weighted by Gasteiger charge is 2.48. The van der Waals surface area contributed by atoms with Crippen molar-refractivity contribution in [2.24, 2.45) is 0 Å². The Hall–Kier alpha value is -3.40. The maximum Gasteiger partial charge on any atom is 0.233 e. The number of hydrogen-bond donors (Lipinski definition) is 2. The van der Waals surface area contributed by atoms with Crippen LogP contribution in [0.3, 0.4) is 0 Å². The lowest BCUT2D eigenvalue weighted by atomic mass is 9.96. The van der Waals surface area contributed by atoms with Gasteiger partial charge in [0.1, 0.15) is 11.9 Å². The van der Waals surface area contributed by atoms with Crippen LogP contribution in [0, 0.1) is 0 Å². The average Bonchev–Trinajstić information content (AvgIpc) is 3.61. The highest BCUT2D eigenvalue weighted by molar-refractivity contribution is 5.72. The molecule has 1 aliphatic carbocycles. The van der Waals surface area contributed by atoms with Crippen LogP contribution in [0.1, 0.15) is 36.2 Å². The number of methoxy groups -OCH3 is 1. The molecule has 9 nitrogen and oxygen atoms in total. The van der Waals surface area contributed by atoms with Gasteiger partial charge in [-0.2, -0.15) is 5.10 Å². The van der Waals surface area contributed by atoms with Gasteiger partial charge in [0.15, 0.2) is 11.6 Å². The van der Waals surface area contributed by atoms with E-state index in [2.05, 4.69) is 35.6 Å². The zero-order chi connectivity index (χ0) is 25.7. The number of aromatic nitrogens is 5. The summed E-state index contributed by atoms with van der Waals surface area (Å²) in [5, 5.41) is 30.2. The standard InChI is InChI=1S/C24H26FN7O2/c1-34-22-9-14(11-27-30-22)13-2-6-17(20(33)8-13)24-26-12-21(29-31-24)32(16-4-5-16)19-10-15-3-7-18(28-15)23(19)25/h2,6,8-9,11-12,15-16,18-19,23,28,33H,3-5,7,10H2,1H3/t15-,18-,19+,23-/m0/s1/i1D3.